The maximum absolute atomic E-state index is 9.16. The normalized spacial score (nSPS) is 17.6. The van der Waals surface area contributed by atoms with Crippen LogP contribution >= 0.6 is 0 Å². The molecule has 4 heteroatoms. The highest BCUT2D eigenvalue weighted by atomic mass is 16.7. The summed E-state index contributed by atoms with van der Waals surface area (Å²) in [6.45, 7) is 8.37. The van der Waals surface area contributed by atoms with Gasteiger partial charge in [-0.25, -0.2) is 0 Å². The van der Waals surface area contributed by atoms with E-state index < -0.39 is 0 Å². The van der Waals surface area contributed by atoms with Crippen LogP contribution in [0.3, 0.4) is 0 Å². The van der Waals surface area contributed by atoms with Gasteiger partial charge < -0.3 is 14.6 Å². The molecule has 0 aliphatic carbocycles. The van der Waals surface area contributed by atoms with E-state index in [4.69, 9.17) is 14.6 Å². The van der Waals surface area contributed by atoms with E-state index in [0.29, 0.717) is 6.61 Å². The highest BCUT2D eigenvalue weighted by Gasteiger charge is 2.23. The van der Waals surface area contributed by atoms with E-state index in [1.54, 1.807) is 6.20 Å². The second kappa shape index (κ2) is 6.57. The maximum Gasteiger partial charge on any atom is 0.200 e. The lowest BCUT2D eigenvalue weighted by molar-refractivity contribution is -0.110. The fraction of sp³-hybridized carbons (Fsp3) is 0.615. The number of pyridine rings is 1. The lowest BCUT2D eigenvalue weighted by Gasteiger charge is -2.27. The monoisotopic (exact) mass is 239 g/mol. The van der Waals surface area contributed by atoms with Gasteiger partial charge in [0, 0.05) is 23.7 Å². The van der Waals surface area contributed by atoms with Gasteiger partial charge in [-0.1, -0.05) is 20.8 Å². The minimum Gasteiger partial charge on any atom is -0.463 e. The smallest absolute Gasteiger partial charge is 0.200 e. The molecule has 0 saturated carbocycles. The predicted octanol–water partition coefficient (Wildman–Crippen LogP) is 2.55. The van der Waals surface area contributed by atoms with Crippen LogP contribution in [0, 0.1) is 6.92 Å². The van der Waals surface area contributed by atoms with Gasteiger partial charge in [-0.3, -0.25) is 4.98 Å². The first-order valence-electron chi connectivity index (χ1n) is 6.12. The average molecular weight is 239 g/mol. The maximum atomic E-state index is 9.16. The summed E-state index contributed by atoms with van der Waals surface area (Å²) in [5, 5.41) is 9.16. The summed E-state index contributed by atoms with van der Waals surface area (Å²) in [7, 11) is 0. The molecule has 0 saturated heterocycles. The molecule has 0 bridgehead atoms. The predicted molar refractivity (Wildman–Crippen MR) is 65.7 cm³/mol. The quantitative estimate of drug-likeness (QED) is 0.861. The highest BCUT2D eigenvalue weighted by molar-refractivity contribution is 5.42. The lowest BCUT2D eigenvalue weighted by atomic mass is 10.1. The number of hydrogen-bond donors (Lipinski definition) is 1. The second-order valence-electron chi connectivity index (χ2n) is 3.60. The molecule has 2 heterocycles. The van der Waals surface area contributed by atoms with Crippen LogP contribution < -0.4 is 4.74 Å². The summed E-state index contributed by atoms with van der Waals surface area (Å²) < 4.78 is 11.1. The molecule has 0 radical (unpaired) electrons. The molecular weight excluding hydrogens is 218 g/mol. The Labute approximate surface area is 103 Å². The van der Waals surface area contributed by atoms with Crippen molar-refractivity contribution in [2.24, 2.45) is 0 Å². The zero-order valence-corrected chi connectivity index (χ0v) is 11.0. The first-order chi connectivity index (χ1) is 8.26. The van der Waals surface area contributed by atoms with Gasteiger partial charge in [-0.2, -0.15) is 0 Å². The summed E-state index contributed by atoms with van der Waals surface area (Å²) in [6, 6.07) is 0. The van der Waals surface area contributed by atoms with Crippen LogP contribution in [-0.4, -0.2) is 16.4 Å². The van der Waals surface area contributed by atoms with Crippen molar-refractivity contribution in [2.75, 3.05) is 0 Å². The van der Waals surface area contributed by atoms with Crippen LogP contribution in [0.2, 0.25) is 0 Å². The molecule has 1 aromatic heterocycles. The summed E-state index contributed by atoms with van der Waals surface area (Å²) in [6.07, 6.45) is 2.29. The zero-order valence-electron chi connectivity index (χ0n) is 11.0. The molecule has 1 unspecified atom stereocenters. The van der Waals surface area contributed by atoms with Gasteiger partial charge >= 0.3 is 0 Å². The number of aryl methyl sites for hydroxylation is 1. The molecule has 1 aliphatic rings. The number of rotatable bonds is 2. The number of ether oxygens (including phenoxy) is 2. The van der Waals surface area contributed by atoms with E-state index in [-0.39, 0.29) is 12.9 Å². The van der Waals surface area contributed by atoms with Crippen LogP contribution in [0.25, 0.3) is 0 Å². The molecular formula is C13H21NO3. The third kappa shape index (κ3) is 2.96. The molecule has 1 atom stereocenters. The third-order valence-corrected chi connectivity index (χ3v) is 2.57. The Morgan fingerprint density at radius 3 is 2.76 bits per heavy atom. The van der Waals surface area contributed by atoms with Crippen molar-refractivity contribution in [3.05, 3.63) is 23.0 Å². The Morgan fingerprint density at radius 1 is 1.47 bits per heavy atom. The zero-order chi connectivity index (χ0) is 12.8. The van der Waals surface area contributed by atoms with Crippen molar-refractivity contribution in [1.82, 2.24) is 4.98 Å². The largest absolute Gasteiger partial charge is 0.463 e. The van der Waals surface area contributed by atoms with Crippen molar-refractivity contribution in [3.63, 3.8) is 0 Å². The lowest BCUT2D eigenvalue weighted by Crippen LogP contribution is -2.26. The fourth-order valence-corrected chi connectivity index (χ4v) is 1.67. The van der Waals surface area contributed by atoms with Gasteiger partial charge in [0.1, 0.15) is 5.75 Å². The number of hydrogen-bond acceptors (Lipinski definition) is 4. The minimum atomic E-state index is -0.188. The Morgan fingerprint density at radius 2 is 2.18 bits per heavy atom. The van der Waals surface area contributed by atoms with E-state index in [1.165, 1.54) is 0 Å². The van der Waals surface area contributed by atoms with Crippen molar-refractivity contribution in [2.45, 2.75) is 53.6 Å². The molecule has 0 fully saturated rings. The average Bonchev–Trinajstić information content (AvgIpc) is 2.41. The first kappa shape index (κ1) is 13.9. The molecule has 0 aromatic carbocycles. The number of nitrogens with zero attached hydrogens (tertiary/aromatic N) is 1. The molecule has 96 valence electrons. The van der Waals surface area contributed by atoms with E-state index in [9.17, 15) is 0 Å². The summed E-state index contributed by atoms with van der Waals surface area (Å²) >= 11 is 0. The van der Waals surface area contributed by atoms with Crippen molar-refractivity contribution in [3.8, 4) is 5.75 Å². The molecule has 1 aliphatic heterocycles. The topological polar surface area (TPSA) is 51.6 Å². The van der Waals surface area contributed by atoms with E-state index in [1.807, 2.05) is 27.7 Å². The van der Waals surface area contributed by atoms with E-state index in [2.05, 4.69) is 4.98 Å². The molecule has 1 aromatic rings. The standard InChI is InChI=1S/C11H15NO3.C2H6/c1-3-10-14-6-9-8(5-13)4-12-7(2)11(9)15-10;1-2/h4,10,13H,3,5-6H2,1-2H3;1-2H3. The third-order valence-electron chi connectivity index (χ3n) is 2.57. The van der Waals surface area contributed by atoms with Crippen LogP contribution in [0.5, 0.6) is 5.75 Å². The van der Waals surface area contributed by atoms with Gasteiger partial charge in [-0.15, -0.1) is 0 Å². The van der Waals surface area contributed by atoms with Gasteiger partial charge in [0.15, 0.2) is 6.29 Å². The summed E-state index contributed by atoms with van der Waals surface area (Å²) in [5.41, 5.74) is 2.56. The number of fused-ring (bicyclic) bond motifs is 1. The second-order valence-corrected chi connectivity index (χ2v) is 3.60. The summed E-state index contributed by atoms with van der Waals surface area (Å²) in [5.74, 6) is 0.777. The number of aliphatic hydroxyl groups excluding tert-OH is 1. The van der Waals surface area contributed by atoms with E-state index >= 15 is 0 Å². The highest BCUT2D eigenvalue weighted by Crippen LogP contribution is 2.31. The van der Waals surface area contributed by atoms with Crippen LogP contribution in [0.4, 0.5) is 0 Å². The van der Waals surface area contributed by atoms with Gasteiger partial charge in [0.25, 0.3) is 0 Å². The van der Waals surface area contributed by atoms with Crippen LogP contribution in [0.1, 0.15) is 44.0 Å². The Hall–Kier alpha value is -1.13. The van der Waals surface area contributed by atoms with Gasteiger partial charge in [0.2, 0.25) is 0 Å². The SMILES string of the molecule is CC.CCC1OCc2c(CO)cnc(C)c2O1. The Kier molecular flexibility index (Phi) is 5.38. The molecule has 2 rings (SSSR count). The molecule has 1 N–H and O–H groups in total. The first-order valence-corrected chi connectivity index (χ1v) is 6.12. The van der Waals surface area contributed by atoms with E-state index in [0.717, 1.165) is 29.0 Å². The fourth-order valence-electron chi connectivity index (χ4n) is 1.67. The van der Waals surface area contributed by atoms with Gasteiger partial charge in [-0.05, 0) is 6.92 Å². The molecule has 17 heavy (non-hydrogen) atoms. The van der Waals surface area contributed by atoms with Crippen molar-refractivity contribution >= 4 is 0 Å². The Balaban J connectivity index is 0.000000686. The van der Waals surface area contributed by atoms with Crippen molar-refractivity contribution < 1.29 is 14.6 Å². The van der Waals surface area contributed by atoms with Crippen molar-refractivity contribution in [1.29, 1.82) is 0 Å². The number of aromatic nitrogens is 1. The minimum absolute atomic E-state index is 0.0286. The molecule has 0 amide bonds. The van der Waals surface area contributed by atoms with Crippen LogP contribution in [0.15, 0.2) is 6.20 Å². The van der Waals surface area contributed by atoms with Gasteiger partial charge in [0.05, 0.1) is 18.9 Å². The summed E-state index contributed by atoms with van der Waals surface area (Å²) in [4.78, 5) is 4.19. The Bertz CT molecular complexity index is 366. The van der Waals surface area contributed by atoms with Crippen LogP contribution in [-0.2, 0) is 18.0 Å². The molecule has 0 spiro atoms. The molecule has 4 nitrogen and oxygen atoms in total. The number of aliphatic hydroxyl groups is 1.